The number of benzene rings is 2. The molecule has 3 saturated heterocycles. The minimum absolute atomic E-state index is 0. The molecule has 0 aliphatic carbocycles. The molecule has 4 unspecified atom stereocenters. The van der Waals surface area contributed by atoms with E-state index < -0.39 is 158 Å². The summed E-state index contributed by atoms with van der Waals surface area (Å²) >= 11 is 0. The van der Waals surface area contributed by atoms with Crippen molar-refractivity contribution in [3.8, 4) is 24.0 Å². The number of carbonyl (C=O) groups excluding carboxylic acids is 1. The first-order valence-electron chi connectivity index (χ1n) is 29.7. The fourth-order valence-corrected chi connectivity index (χ4v) is 15.1. The van der Waals surface area contributed by atoms with Gasteiger partial charge >= 0.3 is 37.2 Å². The van der Waals surface area contributed by atoms with Crippen LogP contribution in [0.3, 0.4) is 0 Å². The molecule has 570 valence electrons. The van der Waals surface area contributed by atoms with E-state index in [1.807, 2.05) is 0 Å². The number of hydrogen-bond acceptors (Lipinski definition) is 29. The molecule has 16 atom stereocenters. The Morgan fingerprint density at radius 2 is 1.22 bits per heavy atom. The second-order valence-electron chi connectivity index (χ2n) is 23.5. The summed E-state index contributed by atoms with van der Waals surface area (Å²) in [4.78, 5) is 104. The lowest BCUT2D eigenvalue weighted by Crippen LogP contribution is -2.47. The van der Waals surface area contributed by atoms with Gasteiger partial charge in [0.1, 0.15) is 43.3 Å². The van der Waals surface area contributed by atoms with Crippen molar-refractivity contribution in [2.75, 3.05) is 32.2 Å². The molecule has 49 heteroatoms. The van der Waals surface area contributed by atoms with Crippen LogP contribution in [-0.2, 0) is 59.7 Å². The minimum atomic E-state index is -5.91. The van der Waals surface area contributed by atoms with Gasteiger partial charge in [-0.15, -0.1) is 6.42 Å². The number of aryl methyl sites for hydroxylation is 2. The summed E-state index contributed by atoms with van der Waals surface area (Å²) in [6, 6.07) is 10.8. The zero-order valence-corrected chi connectivity index (χ0v) is 58.0. The number of terminal acetylenes is 1. The van der Waals surface area contributed by atoms with Gasteiger partial charge in [0.25, 0.3) is 28.7 Å². The predicted molar refractivity (Wildman–Crippen MR) is 344 cm³/mol. The van der Waals surface area contributed by atoms with Gasteiger partial charge in [-0.05, 0) is 66.8 Å². The van der Waals surface area contributed by atoms with Gasteiger partial charge < -0.3 is 78.9 Å². The van der Waals surface area contributed by atoms with Gasteiger partial charge in [-0.2, -0.15) is 23.7 Å². The Balaban J connectivity index is 0.000000208. The zero-order valence-electron chi connectivity index (χ0n) is 54.4. The Kier molecular flexibility index (Phi) is 23.5. The van der Waals surface area contributed by atoms with E-state index in [4.69, 9.17) is 64.7 Å². The minimum Gasteiger partial charge on any atom is -0.476 e. The summed E-state index contributed by atoms with van der Waals surface area (Å²) in [6.45, 7) is 6.95. The zero-order chi connectivity index (χ0) is 76.3. The number of aromatic amines is 2. The molecule has 11 rings (SSSR count). The third kappa shape index (κ3) is 16.6. The Morgan fingerprint density at radius 3 is 1.77 bits per heavy atom. The van der Waals surface area contributed by atoms with E-state index in [2.05, 4.69) is 63.1 Å². The molecule has 3 aliphatic rings. The number of halogens is 6. The lowest BCUT2D eigenvalue weighted by atomic mass is 9.96. The van der Waals surface area contributed by atoms with Crippen LogP contribution in [0.15, 0.2) is 71.0 Å². The number of hydrogen-bond donors (Lipinski definition) is 12. The highest BCUT2D eigenvalue weighted by Gasteiger charge is 2.68. The fraction of sp³-hybridized carbons (Fsp3) is 0.491. The van der Waals surface area contributed by atoms with Crippen LogP contribution in [0.25, 0.3) is 44.3 Å². The number of nitrogen functional groups attached to an aromatic ring is 1. The molecule has 39 nitrogen and oxygen atoms in total. The number of nitrogens with one attached hydrogen (secondary N) is 3. The van der Waals surface area contributed by atoms with Gasteiger partial charge in [-0.1, -0.05) is 49.7 Å². The van der Waals surface area contributed by atoms with Crippen molar-refractivity contribution >= 4 is 87.4 Å². The van der Waals surface area contributed by atoms with Gasteiger partial charge in [0.2, 0.25) is 17.5 Å². The molecular weight excluding hydrogens is 1490 g/mol. The predicted octanol–water partition coefficient (Wildman–Crippen LogP) is 4.39. The Hall–Kier alpha value is -7.76. The van der Waals surface area contributed by atoms with Crippen LogP contribution in [0.2, 0.25) is 0 Å². The van der Waals surface area contributed by atoms with Gasteiger partial charge in [0.05, 0.1) is 31.7 Å². The average Bonchev–Trinajstić information content (AvgIpc) is 1.59. The Labute approximate surface area is 581 Å². The van der Waals surface area contributed by atoms with Crippen LogP contribution in [0, 0.1) is 26.2 Å². The molecule has 6 aromatic heterocycles. The van der Waals surface area contributed by atoms with E-state index in [-0.39, 0.29) is 70.8 Å². The SMILES string of the molecule is C.C#C[C@]1(F)[C@H](n2cnc3c(=O)[nH]c(C)nc32)O[C@](F)(CO)[C@H]1O.CCOc1nc(C)nc2c1ncn2[C@@H]1O[C@](F)(COP(=O)(NC(C)C(=O)OC(C)C)Oc2cccc3ccccc23)[C@@H](O)[C@@]1(C)F.C[C@]1(F)[C@H](n2cnc3c(=O)[nH]c(N)nc32)O[C@](F)(COP(=O)(O)OP(=O)(O)OP(=O)(O)O)[C@H]1O. The quantitative estimate of drug-likeness (QED) is 0.0194. The van der Waals surface area contributed by atoms with Crippen molar-refractivity contribution in [2.45, 2.75) is 147 Å². The summed E-state index contributed by atoms with van der Waals surface area (Å²) in [6.07, 6.45) is -5.78. The number of phosphoric acid groups is 3. The number of phosphoric ester groups is 1. The van der Waals surface area contributed by atoms with Gasteiger partial charge in [0, 0.05) is 5.39 Å². The normalized spacial score (nSPS) is 28.9. The lowest BCUT2D eigenvalue weighted by molar-refractivity contribution is -0.206. The third-order valence-corrected chi connectivity index (χ3v) is 20.6. The first-order chi connectivity index (χ1) is 47.7. The molecule has 13 N–H and O–H groups in total. The molecule has 9 heterocycles. The number of aliphatic hydroxyl groups is 4. The molecule has 0 amide bonds. The average molecular weight is 1560 g/mol. The van der Waals surface area contributed by atoms with E-state index >= 15 is 17.6 Å². The molecular formula is C55H68F6N14O25P4. The number of nitrogens with two attached hydrogens (primary N) is 1. The first kappa shape index (κ1) is 81.9. The van der Waals surface area contributed by atoms with E-state index in [0.717, 1.165) is 34.1 Å². The molecule has 2 aromatic carbocycles. The van der Waals surface area contributed by atoms with Crippen molar-refractivity contribution in [3.63, 3.8) is 0 Å². The van der Waals surface area contributed by atoms with E-state index in [9.17, 15) is 61.6 Å². The second kappa shape index (κ2) is 29.9. The second-order valence-corrected chi connectivity index (χ2v) is 29.6. The molecule has 104 heavy (non-hydrogen) atoms. The number of alkyl halides is 6. The highest BCUT2D eigenvalue weighted by atomic mass is 31.3. The summed E-state index contributed by atoms with van der Waals surface area (Å²) in [5, 5.41) is 43.7. The number of ether oxygens (including phenoxy) is 5. The van der Waals surface area contributed by atoms with Crippen molar-refractivity contribution in [1.82, 2.24) is 63.6 Å². The number of esters is 1. The van der Waals surface area contributed by atoms with Crippen LogP contribution >= 0.6 is 31.2 Å². The smallest absolute Gasteiger partial charge is 0.476 e. The number of aromatic nitrogens is 12. The molecule has 0 saturated carbocycles. The molecule has 0 spiro atoms. The van der Waals surface area contributed by atoms with Crippen LogP contribution in [0.5, 0.6) is 11.6 Å². The van der Waals surface area contributed by atoms with Gasteiger partial charge in [0.15, 0.2) is 81.8 Å². The van der Waals surface area contributed by atoms with Crippen molar-refractivity contribution in [2.24, 2.45) is 0 Å². The van der Waals surface area contributed by atoms with Crippen LogP contribution < -0.4 is 31.2 Å². The van der Waals surface area contributed by atoms with Gasteiger partial charge in [-0.25, -0.2) is 69.5 Å². The Morgan fingerprint density at radius 1 is 0.712 bits per heavy atom. The number of rotatable bonds is 22. The van der Waals surface area contributed by atoms with Gasteiger partial charge in [-0.3, -0.25) is 42.1 Å². The number of nitrogens with zero attached hydrogens (tertiary/aromatic N) is 10. The largest absolute Gasteiger partial charge is 0.490 e. The molecule has 8 aromatic rings. The Bertz CT molecular complexity index is 4910. The summed E-state index contributed by atoms with van der Waals surface area (Å²) < 4.78 is 192. The standard InChI is InChI=1S/C30H36F2N5O8P.C13H12F2N4O4.C11H16F2N5O13P3.CH4/c1-7-41-25-23-24(34-19(5)35-25)37(16-33-23)28-29(6,31)27(39)30(32,44-28)15-42-46(40,36-18(4)26(38)43-17(2)3)45-22-14-10-12-20-11-8-9-13-21(20)22;1-3-12(14)10(22)13(15,4-20)23-11(12)19-5-16-7-8(19)17-6(2)18-9(7)21;1-10(12)7(20)11(13,2-28-33(24,25)31-34(26,27)30-32(21,22)23)29-8(10)18-3-15-4-5(18)16-9(14)17-6(4)19;/h8-14,16-18,27-28,39H,7,15H2,1-6H3,(H,36,40);1,5,10-11,20,22H,4H2,2H3,(H,17,18,21);3,7-8,20H,2H2,1H3,(H,24,25)(H,26,27)(H2,21,22,23)(H3,14,16,17,19);1H4/t18?,27-,28+,29+,30+,46?;10-,11+,12+,13+;7-,8+,10+,11+;/m000./s1. The van der Waals surface area contributed by atoms with E-state index in [1.165, 1.54) is 26.2 Å². The molecule has 3 fully saturated rings. The first-order valence-corrected chi connectivity index (χ1v) is 35.7. The number of aliphatic hydroxyl groups excluding tert-OH is 4. The topological polar surface area (TPSA) is 548 Å². The molecule has 3 aliphatic heterocycles. The molecule has 0 bridgehead atoms. The molecule has 0 radical (unpaired) electrons. The van der Waals surface area contributed by atoms with E-state index in [0.29, 0.717) is 16.9 Å². The van der Waals surface area contributed by atoms with Crippen molar-refractivity contribution < 1.29 is 135 Å². The summed E-state index contributed by atoms with van der Waals surface area (Å²) in [5.74, 6) is -8.80. The van der Waals surface area contributed by atoms with Crippen molar-refractivity contribution in [3.05, 3.63) is 93.8 Å². The number of fused-ring (bicyclic) bond motifs is 4. The fourth-order valence-electron chi connectivity index (χ4n) is 10.5. The monoisotopic (exact) mass is 1560 g/mol. The van der Waals surface area contributed by atoms with Crippen LogP contribution in [0.4, 0.5) is 32.3 Å². The highest BCUT2D eigenvalue weighted by molar-refractivity contribution is 7.66. The van der Waals surface area contributed by atoms with Crippen LogP contribution in [-0.4, -0.2) is 196 Å². The third-order valence-electron chi connectivity index (χ3n) is 15.2. The maximum atomic E-state index is 16.5. The summed E-state index contributed by atoms with van der Waals surface area (Å²) in [5.41, 5.74) is -5.48. The summed E-state index contributed by atoms with van der Waals surface area (Å²) in [7, 11) is -22.1. The number of carbonyl (C=O) groups is 1. The number of imidazole rings is 3. The maximum Gasteiger partial charge on any atom is 0.490 e. The van der Waals surface area contributed by atoms with Crippen LogP contribution in [0.1, 0.15) is 79.3 Å². The van der Waals surface area contributed by atoms with E-state index in [1.54, 1.807) is 70.0 Å². The number of H-pyrrole nitrogens is 2. The number of anilines is 1. The highest BCUT2D eigenvalue weighted by Crippen LogP contribution is 2.67. The lowest BCUT2D eigenvalue weighted by Gasteiger charge is -2.28. The maximum absolute atomic E-state index is 16.5. The van der Waals surface area contributed by atoms with Crippen molar-refractivity contribution in [1.29, 1.82) is 0 Å².